The van der Waals surface area contributed by atoms with E-state index in [1.54, 1.807) is 56.1 Å². The molecule has 6 rings (SSSR count). The lowest BCUT2D eigenvalue weighted by molar-refractivity contribution is 0.100. The van der Waals surface area contributed by atoms with Crippen molar-refractivity contribution >= 4 is 73.1 Å². The molecule has 57 heavy (non-hydrogen) atoms. The van der Waals surface area contributed by atoms with Gasteiger partial charge in [0, 0.05) is 60.7 Å². The van der Waals surface area contributed by atoms with E-state index in [0.29, 0.717) is 29.5 Å². The van der Waals surface area contributed by atoms with Crippen molar-refractivity contribution in [2.45, 2.75) is 84.6 Å². The predicted molar refractivity (Wildman–Crippen MR) is 233 cm³/mol. The summed E-state index contributed by atoms with van der Waals surface area (Å²) in [5.74, 6) is -0.0892. The Labute approximate surface area is 349 Å². The Balaban J connectivity index is 1.42. The zero-order valence-electron chi connectivity index (χ0n) is 32.0. The second-order valence-electron chi connectivity index (χ2n) is 13.2. The van der Waals surface area contributed by atoms with E-state index in [0.717, 1.165) is 44.1 Å². The highest BCUT2D eigenvalue weighted by atomic mass is 32.3. The van der Waals surface area contributed by atoms with Gasteiger partial charge in [-0.15, -0.1) is 0 Å². The number of unbranched alkanes of at least 4 members (excludes halogenated alkanes) is 1. The van der Waals surface area contributed by atoms with Gasteiger partial charge in [-0.25, -0.2) is 3.63 Å². The highest BCUT2D eigenvalue weighted by Gasteiger charge is 2.37. The molecule has 6 aromatic carbocycles. The van der Waals surface area contributed by atoms with Crippen LogP contribution >= 0.6 is 45.6 Å². The van der Waals surface area contributed by atoms with Gasteiger partial charge in [0.15, 0.2) is 17.3 Å². The smallest absolute Gasteiger partial charge is 0.277 e. The first-order valence-corrected chi connectivity index (χ1v) is 23.9. The number of Topliss-reactive ketones (excluding diaryl/α,β-unsaturated/α-hetero) is 3. The molecule has 0 saturated carbocycles. The van der Waals surface area contributed by atoms with Crippen LogP contribution in [-0.2, 0) is 13.7 Å². The van der Waals surface area contributed by atoms with Crippen molar-refractivity contribution in [1.82, 2.24) is 0 Å². The molecule has 0 N–H and O–H groups in total. The quantitative estimate of drug-likeness (QED) is 0.0831. The van der Waals surface area contributed by atoms with Gasteiger partial charge >= 0.3 is 0 Å². The van der Waals surface area contributed by atoms with E-state index in [4.69, 9.17) is 3.63 Å². The molecule has 0 fully saturated rings. The highest BCUT2D eigenvalue weighted by Crippen LogP contribution is 2.70. The molecule has 0 aliphatic rings. The number of carbonyl (C=O) groups excluding carboxylic acids is 3. The van der Waals surface area contributed by atoms with Crippen LogP contribution < -0.4 is 0 Å². The van der Waals surface area contributed by atoms with Crippen molar-refractivity contribution in [3.8, 4) is 0 Å². The van der Waals surface area contributed by atoms with Crippen LogP contribution in [0.2, 0.25) is 0 Å². The van der Waals surface area contributed by atoms with E-state index < -0.39 is 20.4 Å². The lowest BCUT2D eigenvalue weighted by atomic mass is 10.2. The highest BCUT2D eigenvalue weighted by molar-refractivity contribution is 8.33. The maximum absolute atomic E-state index is 14.0. The van der Waals surface area contributed by atoms with Crippen LogP contribution in [0.15, 0.2) is 190 Å². The third-order valence-corrected chi connectivity index (χ3v) is 17.2. The molecule has 0 spiro atoms. The van der Waals surface area contributed by atoms with Crippen molar-refractivity contribution < 1.29 is 26.4 Å². The minimum Gasteiger partial charge on any atom is -0.295 e. The molecule has 0 amide bonds. The van der Waals surface area contributed by atoms with Crippen LogP contribution in [-0.4, -0.2) is 31.5 Å². The van der Waals surface area contributed by atoms with E-state index in [2.05, 4.69) is 0 Å². The minimum atomic E-state index is -4.02. The summed E-state index contributed by atoms with van der Waals surface area (Å²) in [6, 6.07) is 46.0. The fourth-order valence-electron chi connectivity index (χ4n) is 5.82. The van der Waals surface area contributed by atoms with E-state index in [9.17, 15) is 22.8 Å². The van der Waals surface area contributed by atoms with Crippen LogP contribution in [0.3, 0.4) is 0 Å². The van der Waals surface area contributed by atoms with Crippen LogP contribution in [0, 0.1) is 0 Å². The van der Waals surface area contributed by atoms with Gasteiger partial charge in [-0.3, -0.25) is 14.4 Å². The number of rotatable bonds is 17. The summed E-state index contributed by atoms with van der Waals surface area (Å²) in [6.07, 6.45) is 1.16. The number of hydrogen-bond acceptors (Lipinski definition) is 9. The standard InChI is InChI=1S/C46H42O6S5/c1-5-6-31-56(50,51)52-57(44-25-19-41(20-26-44)53-38-13-7-35(8-14-38)32(2)47,45-27-21-42(22-28-45)54-39-15-9-36(10-16-39)33(3)48)46-29-23-43(24-30-46)55-40-17-11-37(12-18-40)34(4)49/h7-30H,5-6,31H2,1-4H3. The maximum atomic E-state index is 14.0. The van der Waals surface area contributed by atoms with Gasteiger partial charge in [-0.1, -0.05) is 85.0 Å². The van der Waals surface area contributed by atoms with Gasteiger partial charge in [-0.2, -0.15) is 8.42 Å². The van der Waals surface area contributed by atoms with Gasteiger partial charge in [0.1, 0.15) is 0 Å². The van der Waals surface area contributed by atoms with Crippen LogP contribution in [0.25, 0.3) is 0 Å². The molecular weight excluding hydrogens is 809 g/mol. The van der Waals surface area contributed by atoms with Crippen molar-refractivity contribution in [2.24, 2.45) is 0 Å². The molecule has 6 nitrogen and oxygen atoms in total. The monoisotopic (exact) mass is 850 g/mol. The SMILES string of the molecule is CCCCS(=O)(=O)OS(c1ccc(Sc2ccc(C(C)=O)cc2)cc1)(c1ccc(Sc2ccc(C(C)=O)cc2)cc1)c1ccc(Sc2ccc(C(C)=O)cc2)cc1. The molecule has 11 heteroatoms. The topological polar surface area (TPSA) is 94.6 Å². The number of carbonyl (C=O) groups is 3. The van der Waals surface area contributed by atoms with E-state index in [-0.39, 0.29) is 23.1 Å². The molecule has 6 aromatic rings. The second kappa shape index (κ2) is 18.9. The summed E-state index contributed by atoms with van der Waals surface area (Å²) < 4.78 is 34.6. The van der Waals surface area contributed by atoms with Crippen molar-refractivity contribution in [3.63, 3.8) is 0 Å². The van der Waals surface area contributed by atoms with Gasteiger partial charge in [0.25, 0.3) is 10.1 Å². The predicted octanol–water partition coefficient (Wildman–Crippen LogP) is 13.1. The molecule has 0 unspecified atom stereocenters. The zero-order valence-corrected chi connectivity index (χ0v) is 36.1. The molecular formula is C46H42O6S5. The summed E-state index contributed by atoms with van der Waals surface area (Å²) in [4.78, 5) is 43.4. The number of benzene rings is 6. The molecule has 0 radical (unpaired) electrons. The normalized spacial score (nSPS) is 11.9. The summed E-state index contributed by atoms with van der Waals surface area (Å²) in [7, 11) is -6.88. The van der Waals surface area contributed by atoms with Crippen LogP contribution in [0.5, 0.6) is 0 Å². The molecule has 292 valence electrons. The zero-order chi connectivity index (χ0) is 40.6. The first kappa shape index (κ1) is 42.3. The molecule has 0 bridgehead atoms. The van der Waals surface area contributed by atoms with E-state index in [1.807, 2.05) is 153 Å². The van der Waals surface area contributed by atoms with E-state index in [1.165, 1.54) is 0 Å². The lowest BCUT2D eigenvalue weighted by Crippen LogP contribution is -2.17. The summed E-state index contributed by atoms with van der Waals surface area (Å²) in [6.45, 7) is 6.59. The number of hydrogen-bond donors (Lipinski definition) is 0. The number of ketones is 3. The molecule has 0 saturated heterocycles. The molecule has 0 aromatic heterocycles. The average molecular weight is 851 g/mol. The van der Waals surface area contributed by atoms with Gasteiger partial charge < -0.3 is 0 Å². The Bertz CT molecular complexity index is 2200. The fraction of sp³-hybridized carbons (Fsp3) is 0.152. The third kappa shape index (κ3) is 10.8. The summed E-state index contributed by atoms with van der Waals surface area (Å²) in [5.41, 5.74) is 1.94. The third-order valence-electron chi connectivity index (χ3n) is 8.91. The molecule has 0 aliphatic carbocycles. The van der Waals surface area contributed by atoms with E-state index >= 15 is 0 Å². The van der Waals surface area contributed by atoms with Crippen molar-refractivity contribution in [1.29, 1.82) is 0 Å². The van der Waals surface area contributed by atoms with Crippen molar-refractivity contribution in [2.75, 3.05) is 5.75 Å². The van der Waals surface area contributed by atoms with Gasteiger partial charge in [0.05, 0.1) is 5.75 Å². The Morgan fingerprint density at radius 3 is 0.912 bits per heavy atom. The fourth-order valence-corrected chi connectivity index (χ4v) is 13.7. The molecule has 0 atom stereocenters. The minimum absolute atomic E-state index is 0.00834. The molecule has 0 aliphatic heterocycles. The second-order valence-corrected chi connectivity index (χ2v) is 21.2. The first-order chi connectivity index (χ1) is 27.3. The Morgan fingerprint density at radius 1 is 0.439 bits per heavy atom. The Kier molecular flexibility index (Phi) is 14.0. The summed E-state index contributed by atoms with van der Waals surface area (Å²) in [5, 5.41) is 0. The maximum Gasteiger partial charge on any atom is 0.277 e. The first-order valence-electron chi connectivity index (χ1n) is 18.3. The lowest BCUT2D eigenvalue weighted by Gasteiger charge is -2.39. The van der Waals surface area contributed by atoms with Crippen molar-refractivity contribution in [3.05, 3.63) is 162 Å². The summed E-state index contributed by atoms with van der Waals surface area (Å²) >= 11 is 4.65. The Hall–Kier alpha value is -4.36. The van der Waals surface area contributed by atoms with Gasteiger partial charge in [0.2, 0.25) is 0 Å². The van der Waals surface area contributed by atoms with Crippen LogP contribution in [0.4, 0.5) is 0 Å². The average Bonchev–Trinajstić information content (AvgIpc) is 3.21. The van der Waals surface area contributed by atoms with Crippen LogP contribution in [0.1, 0.15) is 71.6 Å². The molecule has 0 heterocycles. The van der Waals surface area contributed by atoms with Gasteiger partial charge in [-0.05, 0) is 147 Å². The Morgan fingerprint density at radius 2 is 0.684 bits per heavy atom. The largest absolute Gasteiger partial charge is 0.295 e.